The van der Waals surface area contributed by atoms with E-state index < -0.39 is 5.41 Å². The molecule has 1 aliphatic carbocycles. The van der Waals surface area contributed by atoms with Crippen LogP contribution in [-0.4, -0.2) is 22.3 Å². The van der Waals surface area contributed by atoms with Gasteiger partial charge in [0.2, 0.25) is 0 Å². The molecule has 0 spiro atoms. The highest BCUT2D eigenvalue weighted by Gasteiger charge is 2.58. The molecule has 0 atom stereocenters. The van der Waals surface area contributed by atoms with E-state index in [9.17, 15) is 9.90 Å². The number of phenols is 1. The molecule has 1 aliphatic rings. The van der Waals surface area contributed by atoms with Crippen molar-refractivity contribution < 1.29 is 19.2 Å². The van der Waals surface area contributed by atoms with Gasteiger partial charge < -0.3 is 14.4 Å². The Hall–Kier alpha value is -3.08. The number of carbonyl (C=O) groups is 1. The topological polar surface area (TPSA) is 72.6 Å². The van der Waals surface area contributed by atoms with Gasteiger partial charge in [-0.1, -0.05) is 35.5 Å². The fraction of sp³-hybridized carbons (Fsp3) is 0.273. The van der Waals surface area contributed by atoms with Crippen LogP contribution in [0.5, 0.6) is 5.75 Å². The van der Waals surface area contributed by atoms with Gasteiger partial charge in [-0.05, 0) is 56.5 Å². The Morgan fingerprint density at radius 2 is 1.74 bits per heavy atom. The van der Waals surface area contributed by atoms with Crippen LogP contribution in [0.2, 0.25) is 0 Å². The van der Waals surface area contributed by atoms with Crippen molar-refractivity contribution in [2.45, 2.75) is 38.2 Å². The first kappa shape index (κ1) is 17.3. The summed E-state index contributed by atoms with van der Waals surface area (Å²) in [6.07, 6.45) is 1.18. The summed E-state index contributed by atoms with van der Waals surface area (Å²) in [6, 6.07) is 16.6. The Morgan fingerprint density at radius 1 is 1.07 bits per heavy atom. The van der Waals surface area contributed by atoms with Crippen molar-refractivity contribution in [2.24, 2.45) is 0 Å². The number of aromatic nitrogens is 1. The van der Waals surface area contributed by atoms with Crippen molar-refractivity contribution in [1.82, 2.24) is 5.16 Å². The molecule has 1 fully saturated rings. The van der Waals surface area contributed by atoms with Crippen molar-refractivity contribution in [3.05, 3.63) is 60.4 Å². The van der Waals surface area contributed by atoms with Crippen molar-refractivity contribution in [3.63, 3.8) is 0 Å². The summed E-state index contributed by atoms with van der Waals surface area (Å²) in [5.74, 6) is 0.480. The number of ether oxygens (including phenoxy) is 1. The van der Waals surface area contributed by atoms with Crippen LogP contribution in [0.25, 0.3) is 22.4 Å². The molecular formula is C22H21NO4. The zero-order valence-electron chi connectivity index (χ0n) is 15.3. The second kappa shape index (κ2) is 6.58. The minimum absolute atomic E-state index is 0.183. The molecular weight excluding hydrogens is 342 g/mol. The molecule has 2 aromatic carbocycles. The molecule has 0 saturated heterocycles. The Labute approximate surface area is 157 Å². The first-order chi connectivity index (χ1) is 13.0. The standard InChI is InChI=1S/C22H21NO4/c1-14(2)26-21(25)22(12-13-22)20-18(15-6-4-3-5-7-15)19(23-27-20)16-8-10-17(24)11-9-16/h3-11,14,24H,12-13H2,1-2H3. The highest BCUT2D eigenvalue weighted by molar-refractivity contribution is 5.92. The summed E-state index contributed by atoms with van der Waals surface area (Å²) in [5.41, 5.74) is 2.44. The van der Waals surface area contributed by atoms with Crippen molar-refractivity contribution in [1.29, 1.82) is 0 Å². The molecule has 3 aromatic rings. The lowest BCUT2D eigenvalue weighted by atomic mass is 9.92. The van der Waals surface area contributed by atoms with E-state index in [-0.39, 0.29) is 17.8 Å². The summed E-state index contributed by atoms with van der Waals surface area (Å²) < 4.78 is 11.2. The van der Waals surface area contributed by atoms with Crippen LogP contribution in [0, 0.1) is 0 Å². The second-order valence-electron chi connectivity index (χ2n) is 7.18. The van der Waals surface area contributed by atoms with Crippen LogP contribution in [-0.2, 0) is 14.9 Å². The SMILES string of the molecule is CC(C)OC(=O)C1(c2onc(-c3ccc(O)cc3)c2-c2ccccc2)CC1. The summed E-state index contributed by atoms with van der Waals surface area (Å²) in [6.45, 7) is 3.68. The molecule has 1 saturated carbocycles. The molecule has 0 amide bonds. The van der Waals surface area contributed by atoms with Gasteiger partial charge in [-0.3, -0.25) is 4.79 Å². The number of phenolic OH excluding ortho intramolecular Hbond substituents is 1. The van der Waals surface area contributed by atoms with Gasteiger partial charge in [0.1, 0.15) is 16.9 Å². The van der Waals surface area contributed by atoms with Gasteiger partial charge in [0.05, 0.1) is 11.7 Å². The van der Waals surface area contributed by atoms with E-state index in [2.05, 4.69) is 5.16 Å². The highest BCUT2D eigenvalue weighted by atomic mass is 16.5. The average Bonchev–Trinajstić information content (AvgIpc) is 3.35. The lowest BCUT2D eigenvalue weighted by molar-refractivity contribution is -0.151. The average molecular weight is 363 g/mol. The maximum Gasteiger partial charge on any atom is 0.320 e. The second-order valence-corrected chi connectivity index (χ2v) is 7.18. The van der Waals surface area contributed by atoms with Crippen LogP contribution >= 0.6 is 0 Å². The number of benzene rings is 2. The van der Waals surface area contributed by atoms with Crippen molar-refractivity contribution >= 4 is 5.97 Å². The number of esters is 1. The van der Waals surface area contributed by atoms with E-state index in [0.29, 0.717) is 24.3 Å². The molecule has 1 aromatic heterocycles. The van der Waals surface area contributed by atoms with Crippen molar-refractivity contribution in [2.75, 3.05) is 0 Å². The zero-order chi connectivity index (χ0) is 19.0. The van der Waals surface area contributed by atoms with E-state index in [1.807, 2.05) is 44.2 Å². The van der Waals surface area contributed by atoms with E-state index >= 15 is 0 Å². The van der Waals surface area contributed by atoms with Crippen LogP contribution < -0.4 is 0 Å². The molecule has 1 N–H and O–H groups in total. The van der Waals surface area contributed by atoms with Crippen LogP contribution in [0.3, 0.4) is 0 Å². The first-order valence-electron chi connectivity index (χ1n) is 9.07. The van der Waals surface area contributed by atoms with E-state index in [4.69, 9.17) is 9.26 Å². The van der Waals surface area contributed by atoms with Crippen LogP contribution in [0.4, 0.5) is 0 Å². The lowest BCUT2D eigenvalue weighted by Crippen LogP contribution is -2.26. The van der Waals surface area contributed by atoms with Gasteiger partial charge in [0.25, 0.3) is 0 Å². The van der Waals surface area contributed by atoms with Crippen molar-refractivity contribution in [3.8, 4) is 28.1 Å². The number of rotatable bonds is 5. The summed E-state index contributed by atoms with van der Waals surface area (Å²) in [4.78, 5) is 12.8. The Morgan fingerprint density at radius 3 is 2.33 bits per heavy atom. The number of hydrogen-bond acceptors (Lipinski definition) is 5. The molecule has 27 heavy (non-hydrogen) atoms. The largest absolute Gasteiger partial charge is 0.508 e. The van der Waals surface area contributed by atoms with Gasteiger partial charge in [-0.15, -0.1) is 0 Å². The Kier molecular flexibility index (Phi) is 4.22. The number of carbonyl (C=O) groups excluding carboxylic acids is 1. The minimum atomic E-state index is -0.766. The van der Waals surface area contributed by atoms with E-state index in [1.54, 1.807) is 24.3 Å². The Bertz CT molecular complexity index is 954. The normalized spacial score (nSPS) is 14.9. The van der Waals surface area contributed by atoms with Crippen LogP contribution in [0.15, 0.2) is 59.1 Å². The predicted molar refractivity (Wildman–Crippen MR) is 101 cm³/mol. The molecule has 0 bridgehead atoms. The van der Waals surface area contributed by atoms with Gasteiger partial charge in [0, 0.05) is 5.56 Å². The Balaban J connectivity index is 1.86. The molecule has 0 aliphatic heterocycles. The van der Waals surface area contributed by atoms with E-state index in [0.717, 1.165) is 16.7 Å². The molecule has 1 heterocycles. The number of hydrogen-bond donors (Lipinski definition) is 1. The monoisotopic (exact) mass is 363 g/mol. The lowest BCUT2D eigenvalue weighted by Gasteiger charge is -2.16. The molecule has 138 valence electrons. The molecule has 4 rings (SSSR count). The fourth-order valence-electron chi connectivity index (χ4n) is 3.28. The molecule has 5 heteroatoms. The van der Waals surface area contributed by atoms with Gasteiger partial charge in [-0.2, -0.15) is 0 Å². The molecule has 0 radical (unpaired) electrons. The smallest absolute Gasteiger partial charge is 0.320 e. The number of aromatic hydroxyl groups is 1. The maximum atomic E-state index is 12.8. The maximum absolute atomic E-state index is 12.8. The third-order valence-corrected chi connectivity index (χ3v) is 4.81. The van der Waals surface area contributed by atoms with Gasteiger partial charge >= 0.3 is 5.97 Å². The van der Waals surface area contributed by atoms with Gasteiger partial charge in [0.15, 0.2) is 5.76 Å². The highest BCUT2D eigenvalue weighted by Crippen LogP contribution is 2.54. The third-order valence-electron chi connectivity index (χ3n) is 4.81. The fourth-order valence-corrected chi connectivity index (χ4v) is 3.28. The quantitative estimate of drug-likeness (QED) is 0.665. The predicted octanol–water partition coefficient (Wildman–Crippen LogP) is 4.70. The minimum Gasteiger partial charge on any atom is -0.508 e. The molecule has 5 nitrogen and oxygen atoms in total. The third kappa shape index (κ3) is 3.10. The molecule has 0 unspecified atom stereocenters. The van der Waals surface area contributed by atoms with Gasteiger partial charge in [-0.25, -0.2) is 0 Å². The summed E-state index contributed by atoms with van der Waals surface area (Å²) in [7, 11) is 0. The summed E-state index contributed by atoms with van der Waals surface area (Å²) in [5, 5.41) is 13.9. The number of nitrogens with zero attached hydrogens (tertiary/aromatic N) is 1. The van der Waals surface area contributed by atoms with Crippen LogP contribution in [0.1, 0.15) is 32.4 Å². The summed E-state index contributed by atoms with van der Waals surface area (Å²) >= 11 is 0. The first-order valence-corrected chi connectivity index (χ1v) is 9.07. The zero-order valence-corrected chi connectivity index (χ0v) is 15.3. The van der Waals surface area contributed by atoms with E-state index in [1.165, 1.54) is 0 Å².